The molecular weight excluding hydrogens is 224 g/mol. The number of carbonyl (C=O) groups excluding carboxylic acids is 1. The van der Waals surface area contributed by atoms with E-state index in [1.54, 1.807) is 0 Å². The minimum absolute atomic E-state index is 0.0555. The van der Waals surface area contributed by atoms with Crippen LogP contribution in [0.1, 0.15) is 31.9 Å². The summed E-state index contributed by atoms with van der Waals surface area (Å²) < 4.78 is 0. The Morgan fingerprint density at radius 2 is 1.94 bits per heavy atom. The number of piperidine rings is 1. The molecule has 0 aromatic heterocycles. The van der Waals surface area contributed by atoms with Gasteiger partial charge >= 0.3 is 0 Å². The normalized spacial score (nSPS) is 25.8. The van der Waals surface area contributed by atoms with Crippen molar-refractivity contribution in [2.24, 2.45) is 17.6 Å². The molecular formula is C15H22N2O. The van der Waals surface area contributed by atoms with Gasteiger partial charge in [0, 0.05) is 13.1 Å². The predicted molar refractivity (Wildman–Crippen MR) is 72.9 cm³/mol. The highest BCUT2D eigenvalue weighted by atomic mass is 16.2. The molecule has 3 heteroatoms. The maximum absolute atomic E-state index is 12.4. The van der Waals surface area contributed by atoms with Crippen LogP contribution in [0.25, 0.3) is 0 Å². The number of hydrogen-bond donors (Lipinski definition) is 1. The van der Waals surface area contributed by atoms with Crippen LogP contribution in [0.15, 0.2) is 30.3 Å². The molecule has 1 saturated heterocycles. The number of amides is 1. The zero-order valence-corrected chi connectivity index (χ0v) is 11.2. The van der Waals surface area contributed by atoms with E-state index in [1.165, 1.54) is 0 Å². The third-order valence-electron chi connectivity index (χ3n) is 4.07. The van der Waals surface area contributed by atoms with Crippen LogP contribution >= 0.6 is 0 Å². The fourth-order valence-corrected chi connectivity index (χ4v) is 2.46. The number of rotatable bonds is 2. The van der Waals surface area contributed by atoms with Crippen LogP contribution in [0.2, 0.25) is 0 Å². The fraction of sp³-hybridized carbons (Fsp3) is 0.533. The van der Waals surface area contributed by atoms with Gasteiger partial charge < -0.3 is 10.6 Å². The molecule has 98 valence electrons. The fourth-order valence-electron chi connectivity index (χ4n) is 2.46. The summed E-state index contributed by atoms with van der Waals surface area (Å²) in [6.07, 6.45) is 1.08. The van der Waals surface area contributed by atoms with Gasteiger partial charge in [0.2, 0.25) is 5.91 Å². The molecule has 3 atom stereocenters. The number of nitrogens with two attached hydrogens (primary N) is 1. The van der Waals surface area contributed by atoms with Crippen LogP contribution in [0, 0.1) is 11.8 Å². The van der Waals surface area contributed by atoms with Gasteiger partial charge in [0.25, 0.3) is 0 Å². The quantitative estimate of drug-likeness (QED) is 0.869. The number of nitrogens with zero attached hydrogens (tertiary/aromatic N) is 1. The molecule has 3 nitrogen and oxygen atoms in total. The molecule has 2 N–H and O–H groups in total. The van der Waals surface area contributed by atoms with E-state index in [1.807, 2.05) is 35.2 Å². The molecule has 1 amide bonds. The summed E-state index contributed by atoms with van der Waals surface area (Å²) in [4.78, 5) is 14.3. The molecule has 0 aliphatic carbocycles. The average molecular weight is 246 g/mol. The van der Waals surface area contributed by atoms with Crippen molar-refractivity contribution in [3.05, 3.63) is 35.9 Å². The van der Waals surface area contributed by atoms with Crippen LogP contribution in [0.3, 0.4) is 0 Å². The van der Waals surface area contributed by atoms with Crippen molar-refractivity contribution in [2.75, 3.05) is 13.1 Å². The van der Waals surface area contributed by atoms with Crippen LogP contribution in [-0.2, 0) is 4.79 Å². The first-order valence-corrected chi connectivity index (χ1v) is 6.69. The monoisotopic (exact) mass is 246 g/mol. The first kappa shape index (κ1) is 13.1. The van der Waals surface area contributed by atoms with Crippen molar-refractivity contribution in [2.45, 2.75) is 26.3 Å². The van der Waals surface area contributed by atoms with Crippen molar-refractivity contribution < 1.29 is 4.79 Å². The molecule has 1 fully saturated rings. The number of hydrogen-bond acceptors (Lipinski definition) is 2. The molecule has 1 aliphatic heterocycles. The summed E-state index contributed by atoms with van der Waals surface area (Å²) in [7, 11) is 0. The molecule has 1 heterocycles. The van der Waals surface area contributed by atoms with E-state index in [4.69, 9.17) is 5.73 Å². The van der Waals surface area contributed by atoms with E-state index in [0.29, 0.717) is 11.8 Å². The Morgan fingerprint density at radius 1 is 1.28 bits per heavy atom. The van der Waals surface area contributed by atoms with Gasteiger partial charge in [-0.15, -0.1) is 0 Å². The Morgan fingerprint density at radius 3 is 2.56 bits per heavy atom. The van der Waals surface area contributed by atoms with Crippen molar-refractivity contribution in [3.63, 3.8) is 0 Å². The van der Waals surface area contributed by atoms with Crippen LogP contribution < -0.4 is 5.73 Å². The lowest BCUT2D eigenvalue weighted by molar-refractivity contribution is -0.135. The Labute approximate surface area is 109 Å². The highest BCUT2D eigenvalue weighted by Crippen LogP contribution is 2.24. The Balaban J connectivity index is 2.03. The standard InChI is InChI=1S/C15H22N2O/c1-11-8-9-17(10-12(11)2)15(18)14(16)13-6-4-3-5-7-13/h3-7,11-12,14H,8-10,16H2,1-2H3/t11-,12-,14-/m1/s1. The van der Waals surface area contributed by atoms with E-state index in [0.717, 1.165) is 25.1 Å². The van der Waals surface area contributed by atoms with Gasteiger partial charge in [-0.05, 0) is 23.8 Å². The van der Waals surface area contributed by atoms with Crippen molar-refractivity contribution >= 4 is 5.91 Å². The number of carbonyl (C=O) groups is 1. The summed E-state index contributed by atoms with van der Waals surface area (Å²) in [5, 5.41) is 0. The van der Waals surface area contributed by atoms with Crippen molar-refractivity contribution in [1.82, 2.24) is 4.90 Å². The van der Waals surface area contributed by atoms with Crippen molar-refractivity contribution in [3.8, 4) is 0 Å². The summed E-state index contributed by atoms with van der Waals surface area (Å²) in [6, 6.07) is 9.08. The smallest absolute Gasteiger partial charge is 0.244 e. The zero-order valence-electron chi connectivity index (χ0n) is 11.2. The lowest BCUT2D eigenvalue weighted by Crippen LogP contribution is -2.46. The Bertz CT molecular complexity index is 404. The third kappa shape index (κ3) is 2.72. The molecule has 0 radical (unpaired) electrons. The van der Waals surface area contributed by atoms with Crippen LogP contribution in [0.5, 0.6) is 0 Å². The SMILES string of the molecule is C[C@@H]1CCN(C(=O)[C@H](N)c2ccccc2)C[C@H]1C. The first-order valence-electron chi connectivity index (χ1n) is 6.69. The van der Waals surface area contributed by atoms with Gasteiger partial charge in [-0.1, -0.05) is 44.2 Å². The summed E-state index contributed by atoms with van der Waals surface area (Å²) >= 11 is 0. The maximum Gasteiger partial charge on any atom is 0.244 e. The van der Waals surface area contributed by atoms with Gasteiger partial charge in [0.1, 0.15) is 6.04 Å². The second-order valence-corrected chi connectivity index (χ2v) is 5.42. The Kier molecular flexibility index (Phi) is 4.02. The lowest BCUT2D eigenvalue weighted by Gasteiger charge is -2.36. The minimum atomic E-state index is -0.521. The average Bonchev–Trinajstić information content (AvgIpc) is 2.41. The summed E-state index contributed by atoms with van der Waals surface area (Å²) in [6.45, 7) is 6.13. The molecule has 0 bridgehead atoms. The van der Waals surface area contributed by atoms with E-state index >= 15 is 0 Å². The second-order valence-electron chi connectivity index (χ2n) is 5.42. The lowest BCUT2D eigenvalue weighted by atomic mass is 9.88. The minimum Gasteiger partial charge on any atom is -0.341 e. The number of benzene rings is 1. The van der Waals surface area contributed by atoms with E-state index in [-0.39, 0.29) is 5.91 Å². The van der Waals surface area contributed by atoms with E-state index < -0.39 is 6.04 Å². The zero-order chi connectivity index (χ0) is 13.1. The van der Waals surface area contributed by atoms with E-state index in [2.05, 4.69) is 13.8 Å². The molecule has 1 aromatic carbocycles. The van der Waals surface area contributed by atoms with Gasteiger partial charge in [-0.25, -0.2) is 0 Å². The van der Waals surface area contributed by atoms with Crippen molar-refractivity contribution in [1.29, 1.82) is 0 Å². The molecule has 18 heavy (non-hydrogen) atoms. The highest BCUT2D eigenvalue weighted by molar-refractivity contribution is 5.83. The largest absolute Gasteiger partial charge is 0.341 e. The van der Waals surface area contributed by atoms with Gasteiger partial charge in [-0.3, -0.25) is 4.79 Å². The summed E-state index contributed by atoms with van der Waals surface area (Å²) in [5.74, 6) is 1.31. The van der Waals surface area contributed by atoms with Crippen LogP contribution in [-0.4, -0.2) is 23.9 Å². The number of likely N-dealkylation sites (tertiary alicyclic amines) is 1. The van der Waals surface area contributed by atoms with Gasteiger partial charge in [0.05, 0.1) is 0 Å². The van der Waals surface area contributed by atoms with E-state index in [9.17, 15) is 4.79 Å². The molecule has 2 rings (SSSR count). The molecule has 1 aromatic rings. The van der Waals surface area contributed by atoms with Gasteiger partial charge in [0.15, 0.2) is 0 Å². The molecule has 0 saturated carbocycles. The Hall–Kier alpha value is -1.35. The third-order valence-corrected chi connectivity index (χ3v) is 4.07. The molecule has 0 unspecified atom stereocenters. The maximum atomic E-state index is 12.4. The first-order chi connectivity index (χ1) is 8.59. The molecule has 1 aliphatic rings. The van der Waals surface area contributed by atoms with Crippen LogP contribution in [0.4, 0.5) is 0 Å². The highest BCUT2D eigenvalue weighted by Gasteiger charge is 2.29. The topological polar surface area (TPSA) is 46.3 Å². The summed E-state index contributed by atoms with van der Waals surface area (Å²) in [5.41, 5.74) is 6.96. The molecule has 0 spiro atoms. The predicted octanol–water partition coefficient (Wildman–Crippen LogP) is 2.19. The van der Waals surface area contributed by atoms with Gasteiger partial charge in [-0.2, -0.15) is 0 Å². The second kappa shape index (κ2) is 5.53.